The lowest BCUT2D eigenvalue weighted by Crippen LogP contribution is -2.45. The number of aliphatic hydroxyl groups excluding tert-OH is 1. The van der Waals surface area contributed by atoms with E-state index in [-0.39, 0.29) is 29.1 Å². The number of halogens is 1. The minimum Gasteiger partial charge on any atom is -0.391 e. The van der Waals surface area contributed by atoms with Crippen LogP contribution in [-0.2, 0) is 4.74 Å². The van der Waals surface area contributed by atoms with E-state index in [9.17, 15) is 14.3 Å². The van der Waals surface area contributed by atoms with E-state index in [0.29, 0.717) is 16.9 Å². The minimum absolute atomic E-state index is 0.0301. The molecular formula is C20H23FN6O3. The average Bonchev–Trinajstić information content (AvgIpc) is 3.16. The molecule has 0 saturated carbocycles. The Morgan fingerprint density at radius 3 is 2.83 bits per heavy atom. The molecule has 2 atom stereocenters. The minimum atomic E-state index is -0.813. The Balaban J connectivity index is 1.95. The van der Waals surface area contributed by atoms with Crippen LogP contribution in [-0.4, -0.2) is 64.6 Å². The molecular weight excluding hydrogens is 391 g/mol. The van der Waals surface area contributed by atoms with Crippen molar-refractivity contribution in [1.29, 1.82) is 5.41 Å². The van der Waals surface area contributed by atoms with Gasteiger partial charge in [0.25, 0.3) is 5.91 Å². The maximum atomic E-state index is 13.5. The van der Waals surface area contributed by atoms with Crippen molar-refractivity contribution in [3.8, 4) is 0 Å². The molecule has 5 N–H and O–H groups in total. The summed E-state index contributed by atoms with van der Waals surface area (Å²) < 4.78 is 18.5. The molecule has 1 unspecified atom stereocenters. The highest BCUT2D eigenvalue weighted by Gasteiger charge is 2.22. The third-order valence-corrected chi connectivity index (χ3v) is 4.65. The van der Waals surface area contributed by atoms with Crippen molar-refractivity contribution in [1.82, 2.24) is 20.3 Å². The van der Waals surface area contributed by atoms with Gasteiger partial charge in [-0.3, -0.25) is 10.2 Å². The SMILES string of the molecule is CNc1cc(F)ccc1C(=N)c1cnc2[nH]cc(C(=O)NC(COC)[C@@H](C)O)c2n1. The van der Waals surface area contributed by atoms with Gasteiger partial charge < -0.3 is 25.5 Å². The van der Waals surface area contributed by atoms with E-state index in [1.165, 1.54) is 37.7 Å². The zero-order chi connectivity index (χ0) is 21.8. The number of aromatic nitrogens is 3. The van der Waals surface area contributed by atoms with Gasteiger partial charge in [0.2, 0.25) is 0 Å². The number of hydrogen-bond acceptors (Lipinski definition) is 7. The van der Waals surface area contributed by atoms with Gasteiger partial charge in [-0.15, -0.1) is 0 Å². The topological polar surface area (TPSA) is 136 Å². The smallest absolute Gasteiger partial charge is 0.255 e. The summed E-state index contributed by atoms with van der Waals surface area (Å²) in [5.74, 6) is -0.884. The number of amides is 1. The lowest BCUT2D eigenvalue weighted by atomic mass is 10.1. The molecule has 0 fully saturated rings. The second kappa shape index (κ2) is 8.97. The van der Waals surface area contributed by atoms with Crippen molar-refractivity contribution in [2.45, 2.75) is 19.1 Å². The molecule has 158 valence electrons. The number of nitrogens with zero attached hydrogens (tertiary/aromatic N) is 2. The van der Waals surface area contributed by atoms with Gasteiger partial charge in [0, 0.05) is 31.6 Å². The molecule has 2 aromatic heterocycles. The monoisotopic (exact) mass is 414 g/mol. The number of ether oxygens (including phenoxy) is 1. The quantitative estimate of drug-likeness (QED) is 0.356. The summed E-state index contributed by atoms with van der Waals surface area (Å²) in [6.07, 6.45) is 2.07. The molecule has 0 aliphatic rings. The lowest BCUT2D eigenvalue weighted by molar-refractivity contribution is 0.0663. The van der Waals surface area contributed by atoms with E-state index in [1.807, 2.05) is 0 Å². The van der Waals surface area contributed by atoms with Crippen LogP contribution in [0.15, 0.2) is 30.6 Å². The van der Waals surface area contributed by atoms with Gasteiger partial charge in [0.15, 0.2) is 5.65 Å². The fraction of sp³-hybridized carbons (Fsp3) is 0.300. The number of fused-ring (bicyclic) bond motifs is 1. The number of aliphatic hydroxyl groups is 1. The lowest BCUT2D eigenvalue weighted by Gasteiger charge is -2.20. The number of aromatic amines is 1. The third kappa shape index (κ3) is 4.29. The molecule has 30 heavy (non-hydrogen) atoms. The summed E-state index contributed by atoms with van der Waals surface area (Å²) in [5, 5.41) is 23.9. The summed E-state index contributed by atoms with van der Waals surface area (Å²) in [5.41, 5.74) is 2.03. The van der Waals surface area contributed by atoms with E-state index in [1.54, 1.807) is 14.0 Å². The van der Waals surface area contributed by atoms with Crippen molar-refractivity contribution in [2.75, 3.05) is 26.1 Å². The van der Waals surface area contributed by atoms with Crippen LogP contribution in [0.3, 0.4) is 0 Å². The second-order valence-electron chi connectivity index (χ2n) is 6.75. The Morgan fingerprint density at radius 1 is 1.40 bits per heavy atom. The summed E-state index contributed by atoms with van der Waals surface area (Å²) in [4.78, 5) is 24.3. The van der Waals surface area contributed by atoms with Crippen molar-refractivity contribution in [2.24, 2.45) is 0 Å². The van der Waals surface area contributed by atoms with Gasteiger partial charge in [-0.2, -0.15) is 0 Å². The van der Waals surface area contributed by atoms with Gasteiger partial charge in [-0.1, -0.05) is 0 Å². The molecule has 1 aromatic carbocycles. The first-order valence-corrected chi connectivity index (χ1v) is 9.24. The Morgan fingerprint density at radius 2 is 2.17 bits per heavy atom. The highest BCUT2D eigenvalue weighted by atomic mass is 19.1. The normalized spacial score (nSPS) is 13.1. The van der Waals surface area contributed by atoms with E-state index >= 15 is 0 Å². The number of carbonyl (C=O) groups excluding carboxylic acids is 1. The van der Waals surface area contributed by atoms with Gasteiger partial charge >= 0.3 is 0 Å². The van der Waals surface area contributed by atoms with Crippen LogP contribution in [0.4, 0.5) is 10.1 Å². The number of anilines is 1. The van der Waals surface area contributed by atoms with Crippen molar-refractivity contribution in [3.63, 3.8) is 0 Å². The van der Waals surface area contributed by atoms with Crippen LogP contribution in [0.25, 0.3) is 11.2 Å². The molecule has 9 nitrogen and oxygen atoms in total. The zero-order valence-corrected chi connectivity index (χ0v) is 16.8. The van der Waals surface area contributed by atoms with E-state index in [0.717, 1.165) is 0 Å². The van der Waals surface area contributed by atoms with Crippen LogP contribution < -0.4 is 10.6 Å². The van der Waals surface area contributed by atoms with Gasteiger partial charge in [-0.05, 0) is 25.1 Å². The molecule has 0 spiro atoms. The van der Waals surface area contributed by atoms with Crippen LogP contribution in [0.2, 0.25) is 0 Å². The van der Waals surface area contributed by atoms with Crippen molar-refractivity contribution < 1.29 is 19.0 Å². The van der Waals surface area contributed by atoms with Crippen molar-refractivity contribution >= 4 is 28.5 Å². The highest BCUT2D eigenvalue weighted by Crippen LogP contribution is 2.21. The first-order chi connectivity index (χ1) is 14.3. The predicted molar refractivity (Wildman–Crippen MR) is 111 cm³/mol. The summed E-state index contributed by atoms with van der Waals surface area (Å²) in [6.45, 7) is 1.70. The Bertz CT molecular complexity index is 1080. The molecule has 2 heterocycles. The molecule has 0 saturated heterocycles. The molecule has 0 bridgehead atoms. The summed E-state index contributed by atoms with van der Waals surface area (Å²) >= 11 is 0. The predicted octanol–water partition coefficient (Wildman–Crippen LogP) is 1.68. The molecule has 1 amide bonds. The number of hydrogen-bond donors (Lipinski definition) is 5. The molecule has 3 rings (SSSR count). The Hall–Kier alpha value is -3.37. The fourth-order valence-electron chi connectivity index (χ4n) is 2.99. The molecule has 10 heteroatoms. The first kappa shape index (κ1) is 21.3. The molecule has 0 aliphatic carbocycles. The number of nitrogens with one attached hydrogen (secondary N) is 4. The van der Waals surface area contributed by atoms with Crippen LogP contribution >= 0.6 is 0 Å². The number of H-pyrrole nitrogens is 1. The van der Waals surface area contributed by atoms with Gasteiger partial charge in [0.1, 0.15) is 17.0 Å². The first-order valence-electron chi connectivity index (χ1n) is 9.24. The summed E-state index contributed by atoms with van der Waals surface area (Å²) in [7, 11) is 3.11. The Kier molecular flexibility index (Phi) is 6.38. The third-order valence-electron chi connectivity index (χ3n) is 4.65. The maximum Gasteiger partial charge on any atom is 0.255 e. The van der Waals surface area contributed by atoms with Crippen LogP contribution in [0, 0.1) is 11.2 Å². The molecule has 3 aromatic rings. The van der Waals surface area contributed by atoms with Crippen LogP contribution in [0.1, 0.15) is 28.5 Å². The maximum absolute atomic E-state index is 13.5. The average molecular weight is 414 g/mol. The Labute approximate surface area is 172 Å². The molecule has 0 aliphatic heterocycles. The van der Waals surface area contributed by atoms with Gasteiger partial charge in [0.05, 0.1) is 36.2 Å². The van der Waals surface area contributed by atoms with Gasteiger partial charge in [-0.25, -0.2) is 14.4 Å². The number of benzene rings is 1. The standard InChI is InChI=1S/C20H23FN6O3/c1-10(28)16(9-30-3)27-20(29)13-7-24-19-18(13)26-15(8-25-19)17(22)12-5-4-11(21)6-14(12)23-2/h4-8,10,16,22-23,28H,9H2,1-3H3,(H,24,25)(H,27,29)/t10-,16?/m1/s1. The number of methoxy groups -OCH3 is 1. The van der Waals surface area contributed by atoms with E-state index < -0.39 is 23.9 Å². The van der Waals surface area contributed by atoms with Crippen molar-refractivity contribution in [3.05, 3.63) is 53.2 Å². The zero-order valence-electron chi connectivity index (χ0n) is 16.8. The van der Waals surface area contributed by atoms with E-state index in [2.05, 4.69) is 25.6 Å². The summed E-state index contributed by atoms with van der Waals surface area (Å²) in [6, 6.07) is 3.44. The number of rotatable bonds is 8. The highest BCUT2D eigenvalue weighted by molar-refractivity contribution is 6.14. The molecule has 0 radical (unpaired) electrons. The fourth-order valence-corrected chi connectivity index (χ4v) is 2.99. The number of carbonyl (C=O) groups is 1. The second-order valence-corrected chi connectivity index (χ2v) is 6.75. The van der Waals surface area contributed by atoms with E-state index in [4.69, 9.17) is 10.1 Å². The van der Waals surface area contributed by atoms with Crippen LogP contribution in [0.5, 0.6) is 0 Å². The largest absolute Gasteiger partial charge is 0.391 e.